The van der Waals surface area contributed by atoms with E-state index in [0.717, 1.165) is 27.5 Å². The van der Waals surface area contributed by atoms with E-state index in [9.17, 15) is 0 Å². The molecule has 0 aliphatic heterocycles. The lowest BCUT2D eigenvalue weighted by atomic mass is 9.80. The minimum atomic E-state index is -0.175. The number of rotatable bonds is 3. The molecule has 0 N–H and O–H groups in total. The fourth-order valence-electron chi connectivity index (χ4n) is 10.00. The quantitative estimate of drug-likeness (QED) is 0.166. The standard InChI is InChI=1S/C55H36O/c1-55(2)48-29-26-36(46-30-35-17-7-8-18-38(35)52-45-28-24-33-14-6-9-19-39(33)53(45)56-54(46)52)31-47(48)40-27-25-37(32-49(40)55)51-43-22-12-10-20-41(43)50(34-15-4-3-5-16-34)42-21-11-13-23-44(42)51/h3-32H,1-2H3. The fourth-order valence-corrected chi connectivity index (χ4v) is 10.00. The Balaban J connectivity index is 1.07. The first-order valence-electron chi connectivity index (χ1n) is 19.6. The zero-order valence-electron chi connectivity index (χ0n) is 31.2. The third-order valence-electron chi connectivity index (χ3n) is 12.6. The first-order chi connectivity index (χ1) is 27.5. The summed E-state index contributed by atoms with van der Waals surface area (Å²) in [7, 11) is 0. The molecule has 0 spiro atoms. The van der Waals surface area contributed by atoms with E-state index in [0.29, 0.717) is 0 Å². The molecule has 0 amide bonds. The lowest BCUT2D eigenvalue weighted by Crippen LogP contribution is -2.15. The van der Waals surface area contributed by atoms with Crippen molar-refractivity contribution in [1.82, 2.24) is 0 Å². The third-order valence-corrected chi connectivity index (χ3v) is 12.6. The highest BCUT2D eigenvalue weighted by Gasteiger charge is 2.36. The van der Waals surface area contributed by atoms with Gasteiger partial charge < -0.3 is 4.42 Å². The monoisotopic (exact) mass is 712 g/mol. The van der Waals surface area contributed by atoms with Gasteiger partial charge in [-0.2, -0.15) is 0 Å². The highest BCUT2D eigenvalue weighted by molar-refractivity contribution is 6.26. The van der Waals surface area contributed by atoms with Gasteiger partial charge in [0.2, 0.25) is 0 Å². The van der Waals surface area contributed by atoms with Gasteiger partial charge in [-0.05, 0) is 112 Å². The van der Waals surface area contributed by atoms with Crippen LogP contribution in [0.15, 0.2) is 186 Å². The SMILES string of the molecule is CC1(C)c2ccc(-c3cc4ccccc4c4c3oc3c5ccccc5ccc34)cc2-c2ccc(-c3c4ccccc4c(-c4ccccc4)c4ccccc34)cc21. The molecule has 1 aliphatic carbocycles. The van der Waals surface area contributed by atoms with Crippen LogP contribution in [-0.4, -0.2) is 0 Å². The number of furan rings is 1. The predicted octanol–water partition coefficient (Wildman–Crippen LogP) is 15.5. The van der Waals surface area contributed by atoms with Crippen LogP contribution in [0.25, 0.3) is 110 Å². The van der Waals surface area contributed by atoms with Crippen molar-refractivity contribution in [2.45, 2.75) is 19.3 Å². The van der Waals surface area contributed by atoms with Gasteiger partial charge in [0.1, 0.15) is 11.2 Å². The van der Waals surface area contributed by atoms with Crippen molar-refractivity contribution in [3.05, 3.63) is 193 Å². The maximum absolute atomic E-state index is 6.96. The number of hydrogen-bond donors (Lipinski definition) is 0. The summed E-state index contributed by atoms with van der Waals surface area (Å²) in [5.41, 5.74) is 14.4. The van der Waals surface area contributed by atoms with E-state index >= 15 is 0 Å². The Kier molecular flexibility index (Phi) is 6.46. The van der Waals surface area contributed by atoms with E-state index in [1.165, 1.54) is 93.2 Å². The summed E-state index contributed by atoms with van der Waals surface area (Å²) >= 11 is 0. The molecule has 1 aromatic heterocycles. The molecular formula is C55H36O. The largest absolute Gasteiger partial charge is 0.455 e. The third kappa shape index (κ3) is 4.31. The summed E-state index contributed by atoms with van der Waals surface area (Å²) < 4.78 is 6.96. The lowest BCUT2D eigenvalue weighted by molar-refractivity contribution is 0.660. The molecule has 0 saturated heterocycles. The first-order valence-corrected chi connectivity index (χ1v) is 19.6. The van der Waals surface area contributed by atoms with Crippen molar-refractivity contribution < 1.29 is 4.42 Å². The van der Waals surface area contributed by atoms with Crippen molar-refractivity contribution in [3.63, 3.8) is 0 Å². The Labute approximate surface area is 325 Å². The fraction of sp³-hybridized carbons (Fsp3) is 0.0545. The van der Waals surface area contributed by atoms with E-state index in [4.69, 9.17) is 4.42 Å². The van der Waals surface area contributed by atoms with E-state index in [1.807, 2.05) is 0 Å². The minimum absolute atomic E-state index is 0.175. The van der Waals surface area contributed by atoms with Crippen LogP contribution in [0.1, 0.15) is 25.0 Å². The Bertz CT molecular complexity index is 3380. The predicted molar refractivity (Wildman–Crippen MR) is 238 cm³/mol. The number of benzene rings is 10. The summed E-state index contributed by atoms with van der Waals surface area (Å²) in [4.78, 5) is 0. The van der Waals surface area contributed by atoms with Gasteiger partial charge in [-0.15, -0.1) is 0 Å². The Morgan fingerprint density at radius 1 is 0.339 bits per heavy atom. The molecule has 11 aromatic rings. The molecule has 56 heavy (non-hydrogen) atoms. The van der Waals surface area contributed by atoms with Gasteiger partial charge >= 0.3 is 0 Å². The van der Waals surface area contributed by atoms with E-state index in [2.05, 4.69) is 196 Å². The molecular weight excluding hydrogens is 677 g/mol. The summed E-state index contributed by atoms with van der Waals surface area (Å²) in [6.07, 6.45) is 0. The van der Waals surface area contributed by atoms with Crippen molar-refractivity contribution in [1.29, 1.82) is 0 Å². The van der Waals surface area contributed by atoms with Crippen LogP contribution in [0.5, 0.6) is 0 Å². The normalized spacial score (nSPS) is 13.3. The molecule has 10 aromatic carbocycles. The van der Waals surface area contributed by atoms with Crippen molar-refractivity contribution in [2.24, 2.45) is 0 Å². The van der Waals surface area contributed by atoms with Crippen LogP contribution in [-0.2, 0) is 5.41 Å². The average Bonchev–Trinajstić information content (AvgIpc) is 3.75. The van der Waals surface area contributed by atoms with Crippen molar-refractivity contribution >= 4 is 65.0 Å². The Morgan fingerprint density at radius 2 is 0.929 bits per heavy atom. The van der Waals surface area contributed by atoms with Crippen molar-refractivity contribution in [2.75, 3.05) is 0 Å². The van der Waals surface area contributed by atoms with Gasteiger partial charge in [-0.25, -0.2) is 0 Å². The lowest BCUT2D eigenvalue weighted by Gasteiger charge is -2.23. The smallest absolute Gasteiger partial charge is 0.143 e. The topological polar surface area (TPSA) is 13.1 Å². The summed E-state index contributed by atoms with van der Waals surface area (Å²) in [5.74, 6) is 0. The van der Waals surface area contributed by atoms with E-state index in [-0.39, 0.29) is 5.41 Å². The van der Waals surface area contributed by atoms with Gasteiger partial charge in [0, 0.05) is 27.1 Å². The second-order valence-electron chi connectivity index (χ2n) is 16.0. The highest BCUT2D eigenvalue weighted by Crippen LogP contribution is 2.53. The molecule has 1 heteroatoms. The summed E-state index contributed by atoms with van der Waals surface area (Å²) in [6.45, 7) is 4.77. The van der Waals surface area contributed by atoms with Crippen LogP contribution in [0, 0.1) is 0 Å². The second kappa shape index (κ2) is 11.5. The number of hydrogen-bond acceptors (Lipinski definition) is 1. The maximum Gasteiger partial charge on any atom is 0.143 e. The molecule has 0 atom stereocenters. The molecule has 1 nitrogen and oxygen atoms in total. The highest BCUT2D eigenvalue weighted by atomic mass is 16.3. The van der Waals surface area contributed by atoms with Crippen molar-refractivity contribution in [3.8, 4) is 44.5 Å². The Hall–Kier alpha value is -6.96. The molecule has 262 valence electrons. The van der Waals surface area contributed by atoms with Crippen LogP contribution in [0.3, 0.4) is 0 Å². The molecule has 1 aliphatic rings. The molecule has 0 saturated carbocycles. The summed E-state index contributed by atoms with van der Waals surface area (Å²) in [5, 5.41) is 12.2. The van der Waals surface area contributed by atoms with Gasteiger partial charge in [0.25, 0.3) is 0 Å². The van der Waals surface area contributed by atoms with Gasteiger partial charge in [0.15, 0.2) is 0 Å². The van der Waals surface area contributed by atoms with Gasteiger partial charge in [-0.3, -0.25) is 0 Å². The second-order valence-corrected chi connectivity index (χ2v) is 16.0. The van der Waals surface area contributed by atoms with Crippen LogP contribution in [0.2, 0.25) is 0 Å². The van der Waals surface area contributed by atoms with E-state index in [1.54, 1.807) is 0 Å². The molecule has 0 radical (unpaired) electrons. The van der Waals surface area contributed by atoms with Crippen LogP contribution >= 0.6 is 0 Å². The Morgan fingerprint density at radius 3 is 1.64 bits per heavy atom. The first kappa shape index (κ1) is 31.4. The van der Waals surface area contributed by atoms with Gasteiger partial charge in [-0.1, -0.05) is 172 Å². The van der Waals surface area contributed by atoms with Crippen LogP contribution < -0.4 is 0 Å². The molecule has 0 fully saturated rings. The molecule has 12 rings (SSSR count). The average molecular weight is 713 g/mol. The molecule has 0 unspecified atom stereocenters. The minimum Gasteiger partial charge on any atom is -0.455 e. The van der Waals surface area contributed by atoms with Gasteiger partial charge in [0.05, 0.1) is 0 Å². The van der Waals surface area contributed by atoms with E-state index < -0.39 is 0 Å². The van der Waals surface area contributed by atoms with Crippen LogP contribution in [0.4, 0.5) is 0 Å². The number of fused-ring (bicyclic) bond motifs is 12. The molecule has 1 heterocycles. The zero-order valence-corrected chi connectivity index (χ0v) is 31.2. The zero-order chi connectivity index (χ0) is 37.1. The molecule has 0 bridgehead atoms. The maximum atomic E-state index is 6.96. The summed E-state index contributed by atoms with van der Waals surface area (Å²) in [6, 6.07) is 67.0.